The molecule has 0 unspecified atom stereocenters. The van der Waals surface area contributed by atoms with Crippen molar-refractivity contribution >= 4 is 40.9 Å². The van der Waals surface area contributed by atoms with Crippen LogP contribution in [0.2, 0.25) is 10.0 Å². The van der Waals surface area contributed by atoms with E-state index in [0.717, 1.165) is 5.56 Å². The smallest absolute Gasteiger partial charge is 0.251 e. The van der Waals surface area contributed by atoms with Crippen LogP contribution in [-0.2, 0) is 4.79 Å². The SMILES string of the molecule is C/C(=C\c1ccccc1)C(=O)Nc1cc(Cl)ccc1Cl. The summed E-state index contributed by atoms with van der Waals surface area (Å²) < 4.78 is 0. The molecule has 0 aliphatic carbocycles. The lowest BCUT2D eigenvalue weighted by atomic mass is 10.1. The number of rotatable bonds is 3. The third kappa shape index (κ3) is 3.86. The molecule has 2 aromatic carbocycles. The fourth-order valence-electron chi connectivity index (χ4n) is 1.68. The molecule has 20 heavy (non-hydrogen) atoms. The molecular formula is C16H13Cl2NO. The van der Waals surface area contributed by atoms with E-state index < -0.39 is 0 Å². The van der Waals surface area contributed by atoms with E-state index in [1.165, 1.54) is 0 Å². The molecule has 0 aromatic heterocycles. The van der Waals surface area contributed by atoms with Crippen LogP contribution >= 0.6 is 23.2 Å². The minimum atomic E-state index is -0.210. The van der Waals surface area contributed by atoms with E-state index >= 15 is 0 Å². The number of carbonyl (C=O) groups excluding carboxylic acids is 1. The molecule has 0 aliphatic rings. The van der Waals surface area contributed by atoms with Crippen molar-refractivity contribution in [3.8, 4) is 0 Å². The maximum atomic E-state index is 12.1. The maximum absolute atomic E-state index is 12.1. The Hall–Kier alpha value is -1.77. The predicted octanol–water partition coefficient (Wildman–Crippen LogP) is 5.04. The van der Waals surface area contributed by atoms with Gasteiger partial charge in [0.05, 0.1) is 10.7 Å². The Kier molecular flexibility index (Phi) is 4.83. The number of nitrogens with one attached hydrogen (secondary N) is 1. The minimum Gasteiger partial charge on any atom is -0.321 e. The van der Waals surface area contributed by atoms with Crippen LogP contribution in [-0.4, -0.2) is 5.91 Å². The molecular weight excluding hydrogens is 293 g/mol. The molecule has 0 bridgehead atoms. The first-order chi connectivity index (χ1) is 9.56. The van der Waals surface area contributed by atoms with Crippen LogP contribution in [0.1, 0.15) is 12.5 Å². The molecule has 1 N–H and O–H groups in total. The first kappa shape index (κ1) is 14.6. The van der Waals surface area contributed by atoms with Crippen molar-refractivity contribution in [2.75, 3.05) is 5.32 Å². The highest BCUT2D eigenvalue weighted by Crippen LogP contribution is 2.25. The average Bonchev–Trinajstić information content (AvgIpc) is 2.44. The Bertz CT molecular complexity index is 651. The topological polar surface area (TPSA) is 29.1 Å². The molecule has 0 saturated carbocycles. The second-order valence-corrected chi connectivity index (χ2v) is 5.16. The monoisotopic (exact) mass is 305 g/mol. The van der Waals surface area contributed by atoms with E-state index in [1.807, 2.05) is 36.4 Å². The van der Waals surface area contributed by atoms with Gasteiger partial charge in [-0.05, 0) is 36.8 Å². The first-order valence-corrected chi connectivity index (χ1v) is 6.81. The number of benzene rings is 2. The van der Waals surface area contributed by atoms with Gasteiger partial charge in [-0.3, -0.25) is 4.79 Å². The zero-order valence-corrected chi connectivity index (χ0v) is 12.4. The van der Waals surface area contributed by atoms with Crippen molar-refractivity contribution in [1.82, 2.24) is 0 Å². The zero-order valence-electron chi connectivity index (χ0n) is 10.9. The van der Waals surface area contributed by atoms with Gasteiger partial charge in [-0.25, -0.2) is 0 Å². The van der Waals surface area contributed by atoms with E-state index in [-0.39, 0.29) is 5.91 Å². The van der Waals surface area contributed by atoms with Crippen LogP contribution in [0.15, 0.2) is 54.1 Å². The highest BCUT2D eigenvalue weighted by atomic mass is 35.5. The second kappa shape index (κ2) is 6.60. The molecule has 0 aliphatic heterocycles. The maximum Gasteiger partial charge on any atom is 0.251 e. The van der Waals surface area contributed by atoms with Crippen LogP contribution in [0.25, 0.3) is 6.08 Å². The normalized spacial score (nSPS) is 11.2. The Morgan fingerprint density at radius 2 is 1.80 bits per heavy atom. The van der Waals surface area contributed by atoms with Gasteiger partial charge in [-0.15, -0.1) is 0 Å². The average molecular weight is 306 g/mol. The van der Waals surface area contributed by atoms with Crippen molar-refractivity contribution in [2.45, 2.75) is 6.92 Å². The number of hydrogen-bond donors (Lipinski definition) is 1. The Morgan fingerprint density at radius 3 is 2.50 bits per heavy atom. The Labute approximate surface area is 128 Å². The van der Waals surface area contributed by atoms with Crippen LogP contribution in [0, 0.1) is 0 Å². The third-order valence-corrected chi connectivity index (χ3v) is 3.28. The first-order valence-electron chi connectivity index (χ1n) is 6.06. The molecule has 102 valence electrons. The van der Waals surface area contributed by atoms with Gasteiger partial charge >= 0.3 is 0 Å². The Balaban J connectivity index is 2.16. The summed E-state index contributed by atoms with van der Waals surface area (Å²) in [5, 5.41) is 3.72. The fourth-order valence-corrected chi connectivity index (χ4v) is 2.02. The molecule has 2 rings (SSSR count). The van der Waals surface area contributed by atoms with Crippen molar-refractivity contribution < 1.29 is 4.79 Å². The van der Waals surface area contributed by atoms with Crippen molar-refractivity contribution in [3.05, 3.63) is 69.7 Å². The van der Waals surface area contributed by atoms with E-state index in [0.29, 0.717) is 21.3 Å². The highest BCUT2D eigenvalue weighted by molar-refractivity contribution is 6.35. The van der Waals surface area contributed by atoms with Crippen molar-refractivity contribution in [3.63, 3.8) is 0 Å². The van der Waals surface area contributed by atoms with Gasteiger partial charge in [0.1, 0.15) is 0 Å². The summed E-state index contributed by atoms with van der Waals surface area (Å²) in [7, 11) is 0. The van der Waals surface area contributed by atoms with Crippen molar-refractivity contribution in [2.24, 2.45) is 0 Å². The molecule has 1 amide bonds. The molecule has 4 heteroatoms. The van der Waals surface area contributed by atoms with Gasteiger partial charge in [0.25, 0.3) is 5.91 Å². The quantitative estimate of drug-likeness (QED) is 0.791. The van der Waals surface area contributed by atoms with E-state index in [2.05, 4.69) is 5.32 Å². The molecule has 2 aromatic rings. The minimum absolute atomic E-state index is 0.210. The fraction of sp³-hybridized carbons (Fsp3) is 0.0625. The number of carbonyl (C=O) groups is 1. The standard InChI is InChI=1S/C16H13Cl2NO/c1-11(9-12-5-3-2-4-6-12)16(20)19-15-10-13(17)7-8-14(15)18/h2-10H,1H3,(H,19,20)/b11-9+. The lowest BCUT2D eigenvalue weighted by Gasteiger charge is -2.08. The summed E-state index contributed by atoms with van der Waals surface area (Å²) >= 11 is 11.9. The molecule has 0 fully saturated rings. The summed E-state index contributed by atoms with van der Waals surface area (Å²) in [5.41, 5.74) is 2.06. The van der Waals surface area contributed by atoms with Gasteiger partial charge in [-0.1, -0.05) is 53.5 Å². The van der Waals surface area contributed by atoms with Crippen LogP contribution in [0.5, 0.6) is 0 Å². The molecule has 0 saturated heterocycles. The van der Waals surface area contributed by atoms with E-state index in [1.54, 1.807) is 25.1 Å². The highest BCUT2D eigenvalue weighted by Gasteiger charge is 2.08. The van der Waals surface area contributed by atoms with Gasteiger partial charge in [-0.2, -0.15) is 0 Å². The molecule has 0 heterocycles. The predicted molar refractivity (Wildman–Crippen MR) is 85.2 cm³/mol. The second-order valence-electron chi connectivity index (χ2n) is 4.32. The Morgan fingerprint density at radius 1 is 1.10 bits per heavy atom. The van der Waals surface area contributed by atoms with Crippen molar-refractivity contribution in [1.29, 1.82) is 0 Å². The number of amides is 1. The van der Waals surface area contributed by atoms with E-state index in [9.17, 15) is 4.79 Å². The van der Waals surface area contributed by atoms with Gasteiger partial charge in [0.15, 0.2) is 0 Å². The largest absolute Gasteiger partial charge is 0.321 e. The molecule has 0 spiro atoms. The third-order valence-electron chi connectivity index (χ3n) is 2.72. The van der Waals surface area contributed by atoms with Crippen LogP contribution in [0.4, 0.5) is 5.69 Å². The van der Waals surface area contributed by atoms with Gasteiger partial charge in [0, 0.05) is 10.6 Å². The van der Waals surface area contributed by atoms with Crippen LogP contribution in [0.3, 0.4) is 0 Å². The summed E-state index contributed by atoms with van der Waals surface area (Å²) in [6.07, 6.45) is 1.81. The summed E-state index contributed by atoms with van der Waals surface area (Å²) in [5.74, 6) is -0.210. The lowest BCUT2D eigenvalue weighted by Crippen LogP contribution is -2.12. The molecule has 2 nitrogen and oxygen atoms in total. The van der Waals surface area contributed by atoms with E-state index in [4.69, 9.17) is 23.2 Å². The lowest BCUT2D eigenvalue weighted by molar-refractivity contribution is -0.112. The molecule has 0 radical (unpaired) electrons. The zero-order chi connectivity index (χ0) is 14.5. The number of halogens is 2. The number of anilines is 1. The van der Waals surface area contributed by atoms with Gasteiger partial charge in [0.2, 0.25) is 0 Å². The van der Waals surface area contributed by atoms with Gasteiger partial charge < -0.3 is 5.32 Å². The summed E-state index contributed by atoms with van der Waals surface area (Å²) in [6, 6.07) is 14.6. The number of hydrogen-bond acceptors (Lipinski definition) is 1. The summed E-state index contributed by atoms with van der Waals surface area (Å²) in [4.78, 5) is 12.1. The molecule has 0 atom stereocenters. The van der Waals surface area contributed by atoms with Crippen LogP contribution < -0.4 is 5.32 Å². The summed E-state index contributed by atoms with van der Waals surface area (Å²) in [6.45, 7) is 1.75.